The van der Waals surface area contributed by atoms with E-state index >= 15 is 0 Å². The van der Waals surface area contributed by atoms with E-state index in [9.17, 15) is 9.59 Å². The van der Waals surface area contributed by atoms with Crippen LogP contribution in [0.1, 0.15) is 34.7 Å². The summed E-state index contributed by atoms with van der Waals surface area (Å²) in [5.74, 6) is 1.45. The number of pyridine rings is 1. The van der Waals surface area contributed by atoms with E-state index in [0.29, 0.717) is 36.1 Å². The summed E-state index contributed by atoms with van der Waals surface area (Å²) in [6, 6.07) is 8.93. The number of ether oxygens (including phenoxy) is 2. The largest absolute Gasteiger partial charge is 0.497 e. The molecule has 0 radical (unpaired) electrons. The van der Waals surface area contributed by atoms with E-state index in [4.69, 9.17) is 9.47 Å². The number of hydrogen-bond acceptors (Lipinski definition) is 4. The average molecular weight is 356 g/mol. The zero-order valence-electron chi connectivity index (χ0n) is 15.4. The lowest BCUT2D eigenvalue weighted by Gasteiger charge is -2.32. The van der Waals surface area contributed by atoms with Crippen molar-refractivity contribution in [3.8, 4) is 11.5 Å². The zero-order valence-corrected chi connectivity index (χ0v) is 15.4. The summed E-state index contributed by atoms with van der Waals surface area (Å²) in [6.07, 6.45) is 3.49. The second kappa shape index (κ2) is 7.64. The van der Waals surface area contributed by atoms with Gasteiger partial charge < -0.3 is 18.9 Å². The summed E-state index contributed by atoms with van der Waals surface area (Å²) in [4.78, 5) is 26.6. The average Bonchev–Trinajstić information content (AvgIpc) is 2.69. The number of aryl methyl sites for hydroxylation is 1. The normalized spacial score (nSPS) is 15.0. The number of rotatable bonds is 4. The van der Waals surface area contributed by atoms with E-state index in [2.05, 4.69) is 0 Å². The Morgan fingerprint density at radius 1 is 1.08 bits per heavy atom. The van der Waals surface area contributed by atoms with Gasteiger partial charge in [0.05, 0.1) is 19.8 Å². The molecule has 2 aromatic rings. The molecule has 1 aromatic heterocycles. The molecule has 0 aliphatic carbocycles. The smallest absolute Gasteiger partial charge is 0.257 e. The number of likely N-dealkylation sites (tertiary alicyclic amines) is 1. The van der Waals surface area contributed by atoms with Crippen LogP contribution in [0.3, 0.4) is 0 Å². The van der Waals surface area contributed by atoms with Crippen LogP contribution in [-0.2, 0) is 7.05 Å². The van der Waals surface area contributed by atoms with Crippen LogP contribution in [0, 0.1) is 0 Å². The van der Waals surface area contributed by atoms with Gasteiger partial charge in [0.1, 0.15) is 11.5 Å². The molecule has 3 rings (SSSR count). The van der Waals surface area contributed by atoms with Crippen LogP contribution in [0.2, 0.25) is 0 Å². The van der Waals surface area contributed by atoms with Crippen LogP contribution in [0.15, 0.2) is 41.3 Å². The highest BCUT2D eigenvalue weighted by Crippen LogP contribution is 2.30. The minimum Gasteiger partial charge on any atom is -0.497 e. The Balaban J connectivity index is 1.70. The van der Waals surface area contributed by atoms with Gasteiger partial charge in [0.25, 0.3) is 11.5 Å². The number of carbonyl (C=O) groups excluding carboxylic acids is 1. The van der Waals surface area contributed by atoms with Crippen molar-refractivity contribution in [1.82, 2.24) is 9.47 Å². The highest BCUT2D eigenvalue weighted by molar-refractivity contribution is 5.97. The summed E-state index contributed by atoms with van der Waals surface area (Å²) in [7, 11) is 4.88. The molecule has 1 fully saturated rings. The fraction of sp³-hybridized carbons (Fsp3) is 0.400. The maximum atomic E-state index is 12.9. The molecule has 2 heterocycles. The van der Waals surface area contributed by atoms with E-state index in [1.807, 2.05) is 11.0 Å². The van der Waals surface area contributed by atoms with Gasteiger partial charge in [0, 0.05) is 38.5 Å². The van der Waals surface area contributed by atoms with Crippen molar-refractivity contribution in [1.29, 1.82) is 0 Å². The predicted molar refractivity (Wildman–Crippen MR) is 99.1 cm³/mol. The van der Waals surface area contributed by atoms with Gasteiger partial charge in [0.15, 0.2) is 0 Å². The number of hydrogen-bond donors (Lipinski definition) is 0. The van der Waals surface area contributed by atoms with Crippen LogP contribution in [0.25, 0.3) is 0 Å². The molecule has 1 saturated heterocycles. The minimum atomic E-state index is -0.0353. The Hall–Kier alpha value is -2.76. The van der Waals surface area contributed by atoms with Gasteiger partial charge in [-0.05, 0) is 42.5 Å². The molecule has 0 spiro atoms. The monoisotopic (exact) mass is 356 g/mol. The van der Waals surface area contributed by atoms with Crippen molar-refractivity contribution in [2.45, 2.75) is 18.8 Å². The molecular weight excluding hydrogens is 332 g/mol. The summed E-state index contributed by atoms with van der Waals surface area (Å²) < 4.78 is 12.1. The highest BCUT2D eigenvalue weighted by atomic mass is 16.5. The number of carbonyl (C=O) groups is 1. The quantitative estimate of drug-likeness (QED) is 0.844. The van der Waals surface area contributed by atoms with Gasteiger partial charge in [-0.3, -0.25) is 9.59 Å². The van der Waals surface area contributed by atoms with Crippen molar-refractivity contribution in [3.05, 3.63) is 58.0 Å². The van der Waals surface area contributed by atoms with Crippen LogP contribution in [0.5, 0.6) is 11.5 Å². The molecule has 1 aromatic carbocycles. The van der Waals surface area contributed by atoms with Gasteiger partial charge in [-0.25, -0.2) is 0 Å². The van der Waals surface area contributed by atoms with Gasteiger partial charge >= 0.3 is 0 Å². The number of aromatic nitrogens is 1. The van der Waals surface area contributed by atoms with Crippen molar-refractivity contribution >= 4 is 5.91 Å². The predicted octanol–water partition coefficient (Wildman–Crippen LogP) is 2.42. The lowest BCUT2D eigenvalue weighted by atomic mass is 9.90. The number of amides is 1. The SMILES string of the molecule is COc1ccc(C(=O)N2CCC(c3ccn(C)c(=O)c3)CC2)c(OC)c1. The zero-order chi connectivity index (χ0) is 18.7. The molecule has 6 heteroatoms. The first kappa shape index (κ1) is 18.0. The van der Waals surface area contributed by atoms with E-state index in [0.717, 1.165) is 18.4 Å². The minimum absolute atomic E-state index is 0.00368. The summed E-state index contributed by atoms with van der Waals surface area (Å²) in [6.45, 7) is 1.32. The number of nitrogens with zero attached hydrogens (tertiary/aromatic N) is 2. The summed E-state index contributed by atoms with van der Waals surface area (Å²) in [5.41, 5.74) is 1.60. The third-order valence-corrected chi connectivity index (χ3v) is 5.02. The third kappa shape index (κ3) is 3.59. The van der Waals surface area contributed by atoms with Crippen molar-refractivity contribution in [2.24, 2.45) is 7.05 Å². The standard InChI is InChI=1S/C20H24N2O4/c1-21-9-6-15(12-19(21)23)14-7-10-22(11-8-14)20(24)17-5-4-16(25-2)13-18(17)26-3/h4-6,9,12-14H,7-8,10-11H2,1-3H3. The Labute approximate surface area is 153 Å². The lowest BCUT2D eigenvalue weighted by Crippen LogP contribution is -2.38. The first-order valence-corrected chi connectivity index (χ1v) is 8.71. The van der Waals surface area contributed by atoms with Crippen LogP contribution < -0.4 is 15.0 Å². The maximum absolute atomic E-state index is 12.9. The second-order valence-corrected chi connectivity index (χ2v) is 6.54. The van der Waals surface area contributed by atoms with Crippen LogP contribution >= 0.6 is 0 Å². The van der Waals surface area contributed by atoms with E-state index in [-0.39, 0.29) is 11.5 Å². The van der Waals surface area contributed by atoms with Gasteiger partial charge in [-0.15, -0.1) is 0 Å². The van der Waals surface area contributed by atoms with E-state index in [1.165, 1.54) is 0 Å². The number of benzene rings is 1. The van der Waals surface area contributed by atoms with E-state index < -0.39 is 0 Å². The molecular formula is C20H24N2O4. The fourth-order valence-corrected chi connectivity index (χ4v) is 3.38. The second-order valence-electron chi connectivity index (χ2n) is 6.54. The molecule has 0 bridgehead atoms. The Morgan fingerprint density at radius 2 is 1.81 bits per heavy atom. The van der Waals surface area contributed by atoms with Crippen molar-refractivity contribution in [2.75, 3.05) is 27.3 Å². The molecule has 1 aliphatic rings. The Morgan fingerprint density at radius 3 is 2.42 bits per heavy atom. The van der Waals surface area contributed by atoms with Crippen LogP contribution in [0.4, 0.5) is 0 Å². The molecule has 0 atom stereocenters. The number of piperidine rings is 1. The van der Waals surface area contributed by atoms with Gasteiger partial charge in [0.2, 0.25) is 0 Å². The van der Waals surface area contributed by atoms with E-state index in [1.54, 1.807) is 56.3 Å². The van der Waals surface area contributed by atoms with Gasteiger partial charge in [-0.1, -0.05) is 0 Å². The topological polar surface area (TPSA) is 60.8 Å². The fourth-order valence-electron chi connectivity index (χ4n) is 3.38. The van der Waals surface area contributed by atoms with Crippen LogP contribution in [-0.4, -0.2) is 42.7 Å². The highest BCUT2D eigenvalue weighted by Gasteiger charge is 2.26. The molecule has 1 aliphatic heterocycles. The molecule has 138 valence electrons. The molecule has 1 amide bonds. The van der Waals surface area contributed by atoms with Gasteiger partial charge in [-0.2, -0.15) is 0 Å². The molecule has 0 N–H and O–H groups in total. The number of methoxy groups -OCH3 is 2. The Bertz CT molecular complexity index is 851. The lowest BCUT2D eigenvalue weighted by molar-refractivity contribution is 0.0709. The molecule has 26 heavy (non-hydrogen) atoms. The molecule has 6 nitrogen and oxygen atoms in total. The summed E-state index contributed by atoms with van der Waals surface area (Å²) >= 11 is 0. The maximum Gasteiger partial charge on any atom is 0.257 e. The summed E-state index contributed by atoms with van der Waals surface area (Å²) in [5, 5.41) is 0. The van der Waals surface area contributed by atoms with Crippen molar-refractivity contribution < 1.29 is 14.3 Å². The van der Waals surface area contributed by atoms with Crippen molar-refractivity contribution in [3.63, 3.8) is 0 Å². The molecule has 0 unspecified atom stereocenters. The molecule has 0 saturated carbocycles. The first-order chi connectivity index (χ1) is 12.5. The Kier molecular flexibility index (Phi) is 5.30. The third-order valence-electron chi connectivity index (χ3n) is 5.02. The first-order valence-electron chi connectivity index (χ1n) is 8.71.